The normalized spacial score (nSPS) is 11.3. The Kier molecular flexibility index (Phi) is 2.20. The molecule has 0 atom stereocenters. The molecule has 0 fully saturated rings. The Morgan fingerprint density at radius 1 is 1.17 bits per heavy atom. The number of fused-ring (bicyclic) bond motifs is 1. The van der Waals surface area contributed by atoms with Gasteiger partial charge in [-0.2, -0.15) is 0 Å². The summed E-state index contributed by atoms with van der Waals surface area (Å²) in [5, 5.41) is 4.95. The standard InChI is InChI=1S/C14H15N3O/c1-7-4-5-8(2)14-12(7)13(9(3)16-14)10-6-11(15)17-18-10/h4-6,16H,1-3H3,(H2,15,17). The average Bonchev–Trinajstić information content (AvgIpc) is 2.88. The van der Waals surface area contributed by atoms with Crippen molar-refractivity contribution < 1.29 is 4.52 Å². The molecule has 0 unspecified atom stereocenters. The minimum Gasteiger partial charge on any atom is -0.381 e. The monoisotopic (exact) mass is 241 g/mol. The molecule has 0 spiro atoms. The van der Waals surface area contributed by atoms with Crippen molar-refractivity contribution in [2.24, 2.45) is 0 Å². The third-order valence-corrected chi connectivity index (χ3v) is 3.33. The zero-order chi connectivity index (χ0) is 12.9. The van der Waals surface area contributed by atoms with Crippen LogP contribution in [0.3, 0.4) is 0 Å². The van der Waals surface area contributed by atoms with Crippen LogP contribution in [0.5, 0.6) is 0 Å². The number of nitrogen functional groups attached to an aromatic ring is 1. The Morgan fingerprint density at radius 2 is 1.89 bits per heavy atom. The van der Waals surface area contributed by atoms with Gasteiger partial charge >= 0.3 is 0 Å². The van der Waals surface area contributed by atoms with E-state index in [1.165, 1.54) is 16.5 Å². The molecule has 0 saturated carbocycles. The Labute approximate surface area is 105 Å². The van der Waals surface area contributed by atoms with Crippen molar-refractivity contribution in [1.29, 1.82) is 0 Å². The van der Waals surface area contributed by atoms with Crippen molar-refractivity contribution in [3.05, 3.63) is 35.0 Å². The van der Waals surface area contributed by atoms with Crippen LogP contribution in [0.4, 0.5) is 5.82 Å². The molecule has 0 aliphatic carbocycles. The third kappa shape index (κ3) is 1.42. The van der Waals surface area contributed by atoms with E-state index in [1.54, 1.807) is 6.07 Å². The lowest BCUT2D eigenvalue weighted by Crippen LogP contribution is -1.82. The van der Waals surface area contributed by atoms with Crippen LogP contribution >= 0.6 is 0 Å². The van der Waals surface area contributed by atoms with Gasteiger partial charge in [-0.15, -0.1) is 0 Å². The van der Waals surface area contributed by atoms with Gasteiger partial charge < -0.3 is 15.2 Å². The molecule has 18 heavy (non-hydrogen) atoms. The quantitative estimate of drug-likeness (QED) is 0.686. The van der Waals surface area contributed by atoms with Gasteiger partial charge in [-0.3, -0.25) is 0 Å². The maximum atomic E-state index is 5.63. The van der Waals surface area contributed by atoms with Gasteiger partial charge in [-0.1, -0.05) is 17.3 Å². The number of hydrogen-bond donors (Lipinski definition) is 2. The molecule has 0 saturated heterocycles. The van der Waals surface area contributed by atoms with Crippen LogP contribution in [0.2, 0.25) is 0 Å². The second-order valence-electron chi connectivity index (χ2n) is 4.69. The molecule has 1 aromatic carbocycles. The number of H-pyrrole nitrogens is 1. The average molecular weight is 241 g/mol. The van der Waals surface area contributed by atoms with Gasteiger partial charge in [-0.05, 0) is 31.9 Å². The molecule has 3 aromatic rings. The van der Waals surface area contributed by atoms with Crippen LogP contribution in [0, 0.1) is 20.8 Å². The van der Waals surface area contributed by atoms with Crippen LogP contribution in [0.15, 0.2) is 22.7 Å². The highest BCUT2D eigenvalue weighted by molar-refractivity contribution is 6.00. The first-order valence-corrected chi connectivity index (χ1v) is 5.89. The number of nitrogens with zero attached hydrogens (tertiary/aromatic N) is 1. The summed E-state index contributed by atoms with van der Waals surface area (Å²) in [6.07, 6.45) is 0. The van der Waals surface area contributed by atoms with E-state index in [4.69, 9.17) is 10.3 Å². The minimum absolute atomic E-state index is 0.407. The predicted molar refractivity (Wildman–Crippen MR) is 72.4 cm³/mol. The van der Waals surface area contributed by atoms with Gasteiger partial charge in [0.1, 0.15) is 0 Å². The van der Waals surface area contributed by atoms with Crippen LogP contribution < -0.4 is 5.73 Å². The summed E-state index contributed by atoms with van der Waals surface area (Å²) < 4.78 is 5.30. The fourth-order valence-electron chi connectivity index (χ4n) is 2.45. The molecule has 0 aliphatic rings. The summed E-state index contributed by atoms with van der Waals surface area (Å²) in [5.41, 5.74) is 11.3. The summed E-state index contributed by atoms with van der Waals surface area (Å²) >= 11 is 0. The molecule has 4 nitrogen and oxygen atoms in total. The first kappa shape index (κ1) is 10.9. The zero-order valence-corrected chi connectivity index (χ0v) is 10.7. The Balaban J connectivity index is 2.42. The van der Waals surface area contributed by atoms with Gasteiger partial charge in [0.25, 0.3) is 0 Å². The van der Waals surface area contributed by atoms with Crippen LogP contribution in [0.1, 0.15) is 16.8 Å². The van der Waals surface area contributed by atoms with E-state index in [1.807, 2.05) is 6.92 Å². The van der Waals surface area contributed by atoms with Gasteiger partial charge in [-0.25, -0.2) is 0 Å². The van der Waals surface area contributed by atoms with Crippen LogP contribution in [-0.4, -0.2) is 10.1 Å². The Bertz CT molecular complexity index is 737. The van der Waals surface area contributed by atoms with E-state index < -0.39 is 0 Å². The Hall–Kier alpha value is -2.23. The third-order valence-electron chi connectivity index (χ3n) is 3.33. The van der Waals surface area contributed by atoms with Crippen molar-refractivity contribution in [1.82, 2.24) is 10.1 Å². The van der Waals surface area contributed by atoms with Crippen LogP contribution in [-0.2, 0) is 0 Å². The molecule has 3 N–H and O–H groups in total. The molecule has 2 heterocycles. The lowest BCUT2D eigenvalue weighted by Gasteiger charge is -2.01. The number of rotatable bonds is 1. The van der Waals surface area contributed by atoms with Crippen molar-refractivity contribution in [3.63, 3.8) is 0 Å². The molecule has 0 aliphatic heterocycles. The fourth-order valence-corrected chi connectivity index (χ4v) is 2.45. The molecule has 0 bridgehead atoms. The van der Waals surface area contributed by atoms with E-state index in [2.05, 4.69) is 36.1 Å². The minimum atomic E-state index is 0.407. The Morgan fingerprint density at radius 3 is 2.56 bits per heavy atom. The number of anilines is 1. The van der Waals surface area contributed by atoms with Crippen LogP contribution in [0.25, 0.3) is 22.2 Å². The summed E-state index contributed by atoms with van der Waals surface area (Å²) in [7, 11) is 0. The molecular formula is C14H15N3O. The van der Waals surface area contributed by atoms with E-state index in [9.17, 15) is 0 Å². The topological polar surface area (TPSA) is 67.8 Å². The summed E-state index contributed by atoms with van der Waals surface area (Å²) in [6.45, 7) is 6.22. The first-order valence-electron chi connectivity index (χ1n) is 5.89. The number of hydrogen-bond acceptors (Lipinski definition) is 3. The van der Waals surface area contributed by atoms with Crippen molar-refractivity contribution >= 4 is 16.7 Å². The first-order chi connectivity index (χ1) is 8.58. The highest BCUT2D eigenvalue weighted by atomic mass is 16.5. The number of aryl methyl sites for hydroxylation is 3. The molecular weight excluding hydrogens is 226 g/mol. The summed E-state index contributed by atoms with van der Waals surface area (Å²) in [4.78, 5) is 3.42. The number of aromatic nitrogens is 2. The van der Waals surface area contributed by atoms with Crippen molar-refractivity contribution in [2.75, 3.05) is 5.73 Å². The van der Waals surface area contributed by atoms with Gasteiger partial charge in [0.2, 0.25) is 0 Å². The molecule has 2 aromatic heterocycles. The van der Waals surface area contributed by atoms with Gasteiger partial charge in [0.15, 0.2) is 11.6 Å². The van der Waals surface area contributed by atoms with E-state index >= 15 is 0 Å². The second kappa shape index (κ2) is 3.63. The second-order valence-corrected chi connectivity index (χ2v) is 4.69. The molecule has 3 rings (SSSR count). The smallest absolute Gasteiger partial charge is 0.171 e. The van der Waals surface area contributed by atoms with Gasteiger partial charge in [0.05, 0.1) is 0 Å². The van der Waals surface area contributed by atoms with E-state index in [0.29, 0.717) is 11.6 Å². The number of nitrogens with one attached hydrogen (secondary N) is 1. The van der Waals surface area contributed by atoms with E-state index in [-0.39, 0.29) is 0 Å². The summed E-state index contributed by atoms with van der Waals surface area (Å²) in [5.74, 6) is 1.12. The zero-order valence-electron chi connectivity index (χ0n) is 10.7. The van der Waals surface area contributed by atoms with Crippen molar-refractivity contribution in [2.45, 2.75) is 20.8 Å². The maximum Gasteiger partial charge on any atom is 0.171 e. The van der Waals surface area contributed by atoms with Gasteiger partial charge in [0, 0.05) is 28.2 Å². The summed E-state index contributed by atoms with van der Waals surface area (Å²) in [6, 6.07) is 6.00. The maximum absolute atomic E-state index is 5.63. The molecule has 0 radical (unpaired) electrons. The largest absolute Gasteiger partial charge is 0.381 e. The number of benzene rings is 1. The highest BCUT2D eigenvalue weighted by Gasteiger charge is 2.17. The number of aromatic amines is 1. The molecule has 92 valence electrons. The van der Waals surface area contributed by atoms with E-state index in [0.717, 1.165) is 16.8 Å². The SMILES string of the molecule is Cc1[nH]c2c(C)ccc(C)c2c1-c1cc(N)no1. The molecule has 0 amide bonds. The predicted octanol–water partition coefficient (Wildman–Crippen LogP) is 3.33. The lowest BCUT2D eigenvalue weighted by molar-refractivity contribution is 0.436. The molecule has 4 heteroatoms. The number of nitrogens with two attached hydrogens (primary N) is 1. The van der Waals surface area contributed by atoms with Crippen molar-refractivity contribution in [3.8, 4) is 11.3 Å². The lowest BCUT2D eigenvalue weighted by atomic mass is 10.0. The fraction of sp³-hybridized carbons (Fsp3) is 0.214. The highest BCUT2D eigenvalue weighted by Crippen LogP contribution is 2.36.